The zero-order chi connectivity index (χ0) is 16.9. The molecule has 5 heteroatoms. The minimum atomic E-state index is -0.0668. The van der Waals surface area contributed by atoms with Crippen LogP contribution in [0.4, 0.5) is 5.82 Å². The highest BCUT2D eigenvalue weighted by molar-refractivity contribution is 5.99. The number of pyridine rings is 1. The molecule has 0 bridgehead atoms. The molecule has 1 amide bonds. The molecule has 3 rings (SSSR count). The third-order valence-corrected chi connectivity index (χ3v) is 4.13. The average molecular weight is 324 g/mol. The maximum atomic E-state index is 12.5. The van der Waals surface area contributed by atoms with Crippen LogP contribution in [0.15, 0.2) is 48.7 Å². The van der Waals surface area contributed by atoms with Gasteiger partial charge < -0.3 is 15.5 Å². The molecule has 0 radical (unpaired) electrons. The Bertz CT molecular complexity index is 687. The predicted octanol–water partition coefficient (Wildman–Crippen LogP) is 2.37. The molecule has 5 nitrogen and oxygen atoms in total. The summed E-state index contributed by atoms with van der Waals surface area (Å²) in [4.78, 5) is 19.2. The molecule has 1 aromatic heterocycles. The lowest BCUT2D eigenvalue weighted by atomic mass is 10.0. The highest BCUT2D eigenvalue weighted by atomic mass is 16.1. The minimum Gasteiger partial charge on any atom is -0.353 e. The fraction of sp³-hybridized carbons (Fsp3) is 0.368. The van der Waals surface area contributed by atoms with Crippen molar-refractivity contribution in [3.63, 3.8) is 0 Å². The molecule has 0 aliphatic carbocycles. The van der Waals surface area contributed by atoms with Gasteiger partial charge in [-0.3, -0.25) is 4.79 Å². The summed E-state index contributed by atoms with van der Waals surface area (Å²) < 4.78 is 0. The summed E-state index contributed by atoms with van der Waals surface area (Å²) in [5.41, 5.74) is 1.89. The van der Waals surface area contributed by atoms with E-state index in [0.717, 1.165) is 25.5 Å². The summed E-state index contributed by atoms with van der Waals surface area (Å²) in [6, 6.07) is 14.4. The van der Waals surface area contributed by atoms with Gasteiger partial charge in [0.15, 0.2) is 0 Å². The summed E-state index contributed by atoms with van der Waals surface area (Å²) >= 11 is 0. The molecule has 2 aromatic rings. The Morgan fingerprint density at radius 1 is 1.25 bits per heavy atom. The smallest absolute Gasteiger partial charge is 0.255 e. The predicted molar refractivity (Wildman–Crippen MR) is 96.2 cm³/mol. The van der Waals surface area contributed by atoms with Crippen LogP contribution in [0.1, 0.15) is 35.8 Å². The molecule has 126 valence electrons. The molecule has 1 aliphatic heterocycles. The second-order valence-electron chi connectivity index (χ2n) is 6.37. The molecular weight excluding hydrogens is 300 g/mol. The quantitative estimate of drug-likeness (QED) is 0.906. The third-order valence-electron chi connectivity index (χ3n) is 4.13. The van der Waals surface area contributed by atoms with Gasteiger partial charge in [-0.1, -0.05) is 30.3 Å². The van der Waals surface area contributed by atoms with Gasteiger partial charge in [-0.25, -0.2) is 4.98 Å². The van der Waals surface area contributed by atoms with E-state index in [2.05, 4.69) is 44.8 Å². The number of benzene rings is 1. The van der Waals surface area contributed by atoms with E-state index in [0.29, 0.717) is 5.56 Å². The zero-order valence-electron chi connectivity index (χ0n) is 14.2. The SMILES string of the molecule is CC(C)NC(=O)c1cccnc1N1CCNC(c2ccccc2)C1. The van der Waals surface area contributed by atoms with Crippen molar-refractivity contribution in [2.24, 2.45) is 0 Å². The summed E-state index contributed by atoms with van der Waals surface area (Å²) in [5.74, 6) is 0.695. The van der Waals surface area contributed by atoms with E-state index >= 15 is 0 Å². The molecule has 1 saturated heterocycles. The first-order valence-electron chi connectivity index (χ1n) is 8.44. The lowest BCUT2D eigenvalue weighted by molar-refractivity contribution is 0.0943. The second kappa shape index (κ2) is 7.45. The largest absolute Gasteiger partial charge is 0.353 e. The van der Waals surface area contributed by atoms with Crippen molar-refractivity contribution in [3.05, 3.63) is 59.8 Å². The van der Waals surface area contributed by atoms with Crippen molar-refractivity contribution in [1.82, 2.24) is 15.6 Å². The molecule has 24 heavy (non-hydrogen) atoms. The molecule has 1 fully saturated rings. The molecular formula is C19H24N4O. The van der Waals surface area contributed by atoms with Gasteiger partial charge in [-0.05, 0) is 31.5 Å². The number of anilines is 1. The van der Waals surface area contributed by atoms with Crippen molar-refractivity contribution in [3.8, 4) is 0 Å². The summed E-state index contributed by atoms with van der Waals surface area (Å²) in [5, 5.41) is 6.51. The first kappa shape index (κ1) is 16.5. The van der Waals surface area contributed by atoms with E-state index in [1.165, 1.54) is 5.56 Å². The Morgan fingerprint density at radius 3 is 2.79 bits per heavy atom. The number of nitrogens with zero attached hydrogens (tertiary/aromatic N) is 2. The van der Waals surface area contributed by atoms with E-state index < -0.39 is 0 Å². The molecule has 1 atom stereocenters. The number of rotatable bonds is 4. The molecule has 2 heterocycles. The lowest BCUT2D eigenvalue weighted by Gasteiger charge is -2.35. The molecule has 1 unspecified atom stereocenters. The summed E-state index contributed by atoms with van der Waals surface area (Å²) in [6.45, 7) is 6.42. The molecule has 0 spiro atoms. The Morgan fingerprint density at radius 2 is 2.04 bits per heavy atom. The number of hydrogen-bond donors (Lipinski definition) is 2. The van der Waals surface area contributed by atoms with Gasteiger partial charge in [0, 0.05) is 37.9 Å². The number of aromatic nitrogens is 1. The van der Waals surface area contributed by atoms with Gasteiger partial charge in [0.05, 0.1) is 5.56 Å². The van der Waals surface area contributed by atoms with Crippen LogP contribution in [0.3, 0.4) is 0 Å². The van der Waals surface area contributed by atoms with Crippen molar-refractivity contribution in [1.29, 1.82) is 0 Å². The van der Waals surface area contributed by atoms with Crippen molar-refractivity contribution in [2.45, 2.75) is 25.9 Å². The van der Waals surface area contributed by atoms with E-state index in [-0.39, 0.29) is 18.0 Å². The number of amides is 1. The maximum Gasteiger partial charge on any atom is 0.255 e. The lowest BCUT2D eigenvalue weighted by Crippen LogP contribution is -2.47. The fourth-order valence-corrected chi connectivity index (χ4v) is 3.02. The molecule has 1 aromatic carbocycles. The maximum absolute atomic E-state index is 12.5. The van der Waals surface area contributed by atoms with E-state index in [4.69, 9.17) is 0 Å². The van der Waals surface area contributed by atoms with Crippen LogP contribution in [0.25, 0.3) is 0 Å². The number of carbonyl (C=O) groups excluding carboxylic acids is 1. The highest BCUT2D eigenvalue weighted by Gasteiger charge is 2.25. The van der Waals surface area contributed by atoms with Crippen molar-refractivity contribution >= 4 is 11.7 Å². The zero-order valence-corrected chi connectivity index (χ0v) is 14.2. The van der Waals surface area contributed by atoms with E-state index in [9.17, 15) is 4.79 Å². The first-order chi connectivity index (χ1) is 11.6. The Balaban J connectivity index is 1.82. The number of carbonyl (C=O) groups is 1. The summed E-state index contributed by atoms with van der Waals surface area (Å²) in [6.07, 6.45) is 1.75. The van der Waals surface area contributed by atoms with Crippen molar-refractivity contribution in [2.75, 3.05) is 24.5 Å². The normalized spacial score (nSPS) is 17.8. The Labute approximate surface area is 143 Å². The van der Waals surface area contributed by atoms with Gasteiger partial charge in [-0.2, -0.15) is 0 Å². The molecule has 0 saturated carbocycles. The molecule has 2 N–H and O–H groups in total. The van der Waals surface area contributed by atoms with Gasteiger partial charge in [0.1, 0.15) is 5.82 Å². The van der Waals surface area contributed by atoms with Crippen molar-refractivity contribution < 1.29 is 4.79 Å². The third kappa shape index (κ3) is 3.74. The van der Waals surface area contributed by atoms with Crippen LogP contribution in [-0.4, -0.2) is 36.6 Å². The van der Waals surface area contributed by atoms with E-state index in [1.807, 2.05) is 32.0 Å². The first-order valence-corrected chi connectivity index (χ1v) is 8.44. The number of hydrogen-bond acceptors (Lipinski definition) is 4. The van der Waals surface area contributed by atoms with Gasteiger partial charge in [0.25, 0.3) is 5.91 Å². The van der Waals surface area contributed by atoms with Crippen LogP contribution in [0, 0.1) is 0 Å². The number of nitrogens with one attached hydrogen (secondary N) is 2. The second-order valence-corrected chi connectivity index (χ2v) is 6.37. The minimum absolute atomic E-state index is 0.0668. The standard InChI is InChI=1S/C19H24N4O/c1-14(2)22-19(24)16-9-6-10-21-18(16)23-12-11-20-17(13-23)15-7-4-3-5-8-15/h3-10,14,17,20H,11-13H2,1-2H3,(H,22,24). The fourth-order valence-electron chi connectivity index (χ4n) is 3.02. The average Bonchev–Trinajstić information content (AvgIpc) is 2.62. The molecule has 1 aliphatic rings. The van der Waals surface area contributed by atoms with Crippen LogP contribution in [-0.2, 0) is 0 Å². The highest BCUT2D eigenvalue weighted by Crippen LogP contribution is 2.23. The Hall–Kier alpha value is -2.40. The number of piperazine rings is 1. The van der Waals surface area contributed by atoms with Crippen LogP contribution in [0.2, 0.25) is 0 Å². The topological polar surface area (TPSA) is 57.3 Å². The summed E-state index contributed by atoms with van der Waals surface area (Å²) in [7, 11) is 0. The van der Waals surface area contributed by atoms with Gasteiger partial charge in [0.2, 0.25) is 0 Å². The van der Waals surface area contributed by atoms with Gasteiger partial charge in [-0.15, -0.1) is 0 Å². The Kier molecular flexibility index (Phi) is 5.11. The van der Waals surface area contributed by atoms with E-state index in [1.54, 1.807) is 6.20 Å². The van der Waals surface area contributed by atoms with Crippen LogP contribution < -0.4 is 15.5 Å². The van der Waals surface area contributed by atoms with Crippen LogP contribution >= 0.6 is 0 Å². The van der Waals surface area contributed by atoms with Gasteiger partial charge >= 0.3 is 0 Å². The van der Waals surface area contributed by atoms with Crippen LogP contribution in [0.5, 0.6) is 0 Å². The monoisotopic (exact) mass is 324 g/mol.